The molecule has 0 unspecified atom stereocenters. The normalized spacial score (nSPS) is 11.1. The van der Waals surface area contributed by atoms with Crippen molar-refractivity contribution in [2.45, 2.75) is 11.8 Å². The van der Waals surface area contributed by atoms with Crippen LogP contribution in [0.15, 0.2) is 47.5 Å². The van der Waals surface area contributed by atoms with Gasteiger partial charge in [-0.1, -0.05) is 30.4 Å². The van der Waals surface area contributed by atoms with E-state index in [1.54, 1.807) is 12.1 Å². The van der Waals surface area contributed by atoms with Crippen molar-refractivity contribution in [2.24, 2.45) is 5.73 Å². The number of nitrogens with two attached hydrogens (primary N) is 1. The van der Waals surface area contributed by atoms with Crippen molar-refractivity contribution in [3.8, 4) is 0 Å². The first-order valence-corrected chi connectivity index (χ1v) is 7.99. The number of hydrogen-bond donors (Lipinski definition) is 1. The largest absolute Gasteiger partial charge is 0.388 e. The minimum Gasteiger partial charge on any atom is -0.388 e. The molecule has 0 aliphatic carbocycles. The number of hydrogen-bond acceptors (Lipinski definition) is 4. The number of sulfonamides is 1. The molecule has 2 N–H and O–H groups in total. The molecule has 0 fully saturated rings. The molecule has 0 amide bonds. The molecule has 1 heterocycles. The van der Waals surface area contributed by atoms with Gasteiger partial charge in [-0.2, -0.15) is 0 Å². The van der Waals surface area contributed by atoms with E-state index in [9.17, 15) is 8.42 Å². The van der Waals surface area contributed by atoms with Gasteiger partial charge in [0, 0.05) is 13.2 Å². The first kappa shape index (κ1) is 15.4. The highest BCUT2D eigenvalue weighted by Gasteiger charge is 2.22. The van der Waals surface area contributed by atoms with Crippen molar-refractivity contribution >= 4 is 32.9 Å². The van der Waals surface area contributed by atoms with E-state index in [1.165, 1.54) is 29.7 Å². The Kier molecular flexibility index (Phi) is 4.24. The fourth-order valence-corrected chi connectivity index (χ4v) is 3.21. The Morgan fingerprint density at radius 2 is 1.90 bits per heavy atom. The fraction of sp³-hybridized carbons (Fsp3) is 0.143. The summed E-state index contributed by atoms with van der Waals surface area (Å²) in [5.74, 6) is 0. The molecule has 1 aromatic carbocycles. The highest BCUT2D eigenvalue weighted by Crippen LogP contribution is 2.24. The molecule has 0 saturated carbocycles. The zero-order chi connectivity index (χ0) is 15.6. The number of anilines is 1. The second kappa shape index (κ2) is 5.79. The molecule has 1 aromatic heterocycles. The molecule has 0 saturated heterocycles. The molecule has 0 radical (unpaired) electrons. The maximum atomic E-state index is 12.6. The van der Waals surface area contributed by atoms with E-state index in [2.05, 4.69) is 4.98 Å². The van der Waals surface area contributed by atoms with Crippen LogP contribution < -0.4 is 10.0 Å². The predicted octanol–water partition coefficient (Wildman–Crippen LogP) is 1.85. The second-order valence-electron chi connectivity index (χ2n) is 4.50. The van der Waals surface area contributed by atoms with E-state index in [0.29, 0.717) is 11.4 Å². The number of benzene rings is 1. The first-order chi connectivity index (χ1) is 9.84. The van der Waals surface area contributed by atoms with E-state index in [0.717, 1.165) is 5.56 Å². The highest BCUT2D eigenvalue weighted by atomic mass is 32.2. The van der Waals surface area contributed by atoms with Gasteiger partial charge in [0.25, 0.3) is 10.0 Å². The summed E-state index contributed by atoms with van der Waals surface area (Å²) in [6.45, 7) is 1.86. The van der Waals surface area contributed by atoms with Crippen LogP contribution >= 0.6 is 12.2 Å². The van der Waals surface area contributed by atoms with E-state index in [1.807, 2.05) is 19.1 Å². The minimum atomic E-state index is -3.67. The molecule has 0 bridgehead atoms. The summed E-state index contributed by atoms with van der Waals surface area (Å²) < 4.78 is 26.4. The van der Waals surface area contributed by atoms with Crippen molar-refractivity contribution in [1.29, 1.82) is 0 Å². The Morgan fingerprint density at radius 3 is 2.43 bits per heavy atom. The molecule has 0 aliphatic heterocycles. The Labute approximate surface area is 129 Å². The van der Waals surface area contributed by atoms with Gasteiger partial charge in [-0.05, 0) is 30.7 Å². The van der Waals surface area contributed by atoms with Crippen molar-refractivity contribution in [3.05, 3.63) is 53.9 Å². The van der Waals surface area contributed by atoms with Gasteiger partial charge < -0.3 is 5.73 Å². The van der Waals surface area contributed by atoms with Crippen LogP contribution in [-0.4, -0.2) is 25.4 Å². The van der Waals surface area contributed by atoms with Crippen LogP contribution in [0.5, 0.6) is 0 Å². The zero-order valence-corrected chi connectivity index (χ0v) is 13.3. The fourth-order valence-electron chi connectivity index (χ4n) is 1.88. The Bertz CT molecular complexity index is 771. The number of nitrogens with zero attached hydrogens (tertiary/aromatic N) is 2. The topological polar surface area (TPSA) is 76.3 Å². The van der Waals surface area contributed by atoms with Gasteiger partial charge in [-0.25, -0.2) is 8.42 Å². The number of rotatable bonds is 4. The maximum absolute atomic E-state index is 12.6. The minimum absolute atomic E-state index is 0.0910. The molecular weight excluding hydrogens is 306 g/mol. The summed E-state index contributed by atoms with van der Waals surface area (Å²) in [6.07, 6.45) is 1.26. The summed E-state index contributed by atoms with van der Waals surface area (Å²) in [6, 6.07) is 10.2. The van der Waals surface area contributed by atoms with Crippen LogP contribution in [0.25, 0.3) is 0 Å². The molecular formula is C14H15N3O2S2. The lowest BCUT2D eigenvalue weighted by atomic mass is 10.2. The second-order valence-corrected chi connectivity index (χ2v) is 6.91. The number of pyridine rings is 1. The smallest absolute Gasteiger partial charge is 0.265 e. The molecule has 21 heavy (non-hydrogen) atoms. The van der Waals surface area contributed by atoms with Crippen LogP contribution in [0, 0.1) is 6.92 Å². The van der Waals surface area contributed by atoms with Crippen molar-refractivity contribution in [2.75, 3.05) is 11.4 Å². The molecule has 7 heteroatoms. The first-order valence-electron chi connectivity index (χ1n) is 6.14. The maximum Gasteiger partial charge on any atom is 0.265 e. The lowest BCUT2D eigenvalue weighted by Gasteiger charge is -2.21. The van der Waals surface area contributed by atoms with Crippen LogP contribution in [-0.2, 0) is 10.0 Å². The molecule has 110 valence electrons. The van der Waals surface area contributed by atoms with Gasteiger partial charge in [0.1, 0.15) is 9.88 Å². The lowest BCUT2D eigenvalue weighted by Crippen LogP contribution is -2.27. The molecule has 0 atom stereocenters. The number of para-hydroxylation sites is 1. The summed E-state index contributed by atoms with van der Waals surface area (Å²) >= 11 is 4.80. The summed E-state index contributed by atoms with van der Waals surface area (Å²) in [5.41, 5.74) is 7.34. The molecule has 0 spiro atoms. The highest BCUT2D eigenvalue weighted by molar-refractivity contribution is 7.92. The van der Waals surface area contributed by atoms with Crippen molar-refractivity contribution in [3.63, 3.8) is 0 Å². The molecule has 2 aromatic rings. The summed E-state index contributed by atoms with van der Waals surface area (Å²) in [4.78, 5) is 4.19. The summed E-state index contributed by atoms with van der Waals surface area (Å²) in [7, 11) is -2.16. The van der Waals surface area contributed by atoms with Crippen LogP contribution in [0.1, 0.15) is 11.3 Å². The third-order valence-corrected chi connectivity index (χ3v) is 5.07. The van der Waals surface area contributed by atoms with Crippen LogP contribution in [0.3, 0.4) is 0 Å². The van der Waals surface area contributed by atoms with Crippen LogP contribution in [0.2, 0.25) is 0 Å². The standard InChI is InChI=1S/C14H15N3O2S2/c1-10-5-3-4-6-13(10)17(2)21(18,19)11-7-8-12(14(15)20)16-9-11/h3-9H,1-2H3,(H2,15,20). The van der Waals surface area contributed by atoms with Gasteiger partial charge in [-0.15, -0.1) is 0 Å². The Balaban J connectivity index is 2.42. The number of aryl methyl sites for hydroxylation is 1. The Hall–Kier alpha value is -1.99. The number of thiocarbonyl (C=S) groups is 1. The van der Waals surface area contributed by atoms with Gasteiger partial charge in [0.05, 0.1) is 11.4 Å². The summed E-state index contributed by atoms with van der Waals surface area (Å²) in [5, 5.41) is 0. The molecule has 0 aliphatic rings. The van der Waals surface area contributed by atoms with E-state index in [-0.39, 0.29) is 9.88 Å². The van der Waals surface area contributed by atoms with Crippen LogP contribution in [0.4, 0.5) is 5.69 Å². The van der Waals surface area contributed by atoms with Gasteiger partial charge in [0.2, 0.25) is 0 Å². The monoisotopic (exact) mass is 321 g/mol. The number of aromatic nitrogens is 1. The SMILES string of the molecule is Cc1ccccc1N(C)S(=O)(=O)c1ccc(C(N)=S)nc1. The van der Waals surface area contributed by atoms with Gasteiger partial charge in [0.15, 0.2) is 0 Å². The average molecular weight is 321 g/mol. The zero-order valence-electron chi connectivity index (χ0n) is 11.6. The van der Waals surface area contributed by atoms with E-state index >= 15 is 0 Å². The molecule has 5 nitrogen and oxygen atoms in total. The Morgan fingerprint density at radius 1 is 1.24 bits per heavy atom. The van der Waals surface area contributed by atoms with Gasteiger partial charge >= 0.3 is 0 Å². The van der Waals surface area contributed by atoms with Crippen molar-refractivity contribution in [1.82, 2.24) is 4.98 Å². The lowest BCUT2D eigenvalue weighted by molar-refractivity contribution is 0.594. The van der Waals surface area contributed by atoms with E-state index in [4.69, 9.17) is 18.0 Å². The van der Waals surface area contributed by atoms with Gasteiger partial charge in [-0.3, -0.25) is 9.29 Å². The quantitative estimate of drug-likeness (QED) is 0.870. The third-order valence-electron chi connectivity index (χ3n) is 3.10. The van der Waals surface area contributed by atoms with Crippen molar-refractivity contribution < 1.29 is 8.42 Å². The third kappa shape index (κ3) is 3.03. The predicted molar refractivity (Wildman–Crippen MR) is 86.9 cm³/mol. The molecule has 2 rings (SSSR count). The average Bonchev–Trinajstić information content (AvgIpc) is 2.47. The van der Waals surface area contributed by atoms with E-state index < -0.39 is 10.0 Å².